The molecule has 128 valence electrons. The van der Waals surface area contributed by atoms with Gasteiger partial charge in [-0.3, -0.25) is 4.79 Å². The normalized spacial score (nSPS) is 15.1. The summed E-state index contributed by atoms with van der Waals surface area (Å²) in [5, 5.41) is 12.5. The first-order valence-electron chi connectivity index (χ1n) is 7.50. The van der Waals surface area contributed by atoms with Crippen LogP contribution in [-0.2, 0) is 4.74 Å². The summed E-state index contributed by atoms with van der Waals surface area (Å²) in [5.74, 6) is 1.35. The first kappa shape index (κ1) is 18.0. The van der Waals surface area contributed by atoms with E-state index >= 15 is 0 Å². The van der Waals surface area contributed by atoms with Crippen LogP contribution in [0, 0.1) is 5.92 Å². The third-order valence-corrected chi connectivity index (χ3v) is 4.35. The van der Waals surface area contributed by atoms with Gasteiger partial charge in [-0.15, -0.1) is 0 Å². The molecule has 0 aromatic heterocycles. The van der Waals surface area contributed by atoms with Crippen LogP contribution in [0.2, 0.25) is 0 Å². The molecule has 7 heteroatoms. The zero-order valence-corrected chi connectivity index (χ0v) is 14.9. The Morgan fingerprint density at radius 2 is 1.96 bits per heavy atom. The highest BCUT2D eigenvalue weighted by Gasteiger charge is 2.21. The van der Waals surface area contributed by atoms with Crippen LogP contribution in [0.5, 0.6) is 11.5 Å². The predicted octanol–water partition coefficient (Wildman–Crippen LogP) is 1.98. The van der Waals surface area contributed by atoms with Crippen LogP contribution >= 0.6 is 15.9 Å². The number of ether oxygens (including phenoxy) is 3. The number of methoxy groups -OCH3 is 2. The fourth-order valence-corrected chi connectivity index (χ4v) is 2.58. The number of hydrogen-bond donors (Lipinski definition) is 2. The number of nitrogens with one attached hydrogen (secondary N) is 1. The predicted molar refractivity (Wildman–Crippen MR) is 89.1 cm³/mol. The van der Waals surface area contributed by atoms with Gasteiger partial charge in [-0.2, -0.15) is 0 Å². The second-order valence-corrected chi connectivity index (χ2v) is 6.33. The van der Waals surface area contributed by atoms with Gasteiger partial charge in [0.2, 0.25) is 0 Å². The zero-order chi connectivity index (χ0) is 16.8. The van der Waals surface area contributed by atoms with Crippen LogP contribution < -0.4 is 14.8 Å². The fourth-order valence-electron chi connectivity index (χ4n) is 2.03. The fraction of sp³-hybridized carbons (Fsp3) is 0.562. The minimum atomic E-state index is -0.725. The summed E-state index contributed by atoms with van der Waals surface area (Å²) in [6.07, 6.45) is 1.69. The molecule has 6 nitrogen and oxygen atoms in total. The molecule has 0 bridgehead atoms. The average Bonchev–Trinajstić information content (AvgIpc) is 3.37. The number of amides is 1. The molecular formula is C16H22BrNO5. The van der Waals surface area contributed by atoms with Crippen LogP contribution in [0.15, 0.2) is 16.6 Å². The largest absolute Gasteiger partial charge is 0.495 e. The molecule has 1 aromatic carbocycles. The lowest BCUT2D eigenvalue weighted by molar-refractivity contribution is 0.0320. The number of hydrogen-bond acceptors (Lipinski definition) is 5. The van der Waals surface area contributed by atoms with Crippen molar-refractivity contribution in [1.82, 2.24) is 5.32 Å². The van der Waals surface area contributed by atoms with Crippen molar-refractivity contribution in [1.29, 1.82) is 0 Å². The molecular weight excluding hydrogens is 366 g/mol. The highest BCUT2D eigenvalue weighted by Crippen LogP contribution is 2.35. The maximum atomic E-state index is 12.2. The SMILES string of the molecule is COc1cc(C(=O)NC[C@H](O)COCC2CC2)cc(OC)c1Br. The summed E-state index contributed by atoms with van der Waals surface area (Å²) in [5.41, 5.74) is 0.396. The van der Waals surface area contributed by atoms with E-state index in [4.69, 9.17) is 14.2 Å². The first-order chi connectivity index (χ1) is 11.0. The molecule has 2 N–H and O–H groups in total. The van der Waals surface area contributed by atoms with Crippen molar-refractivity contribution in [2.24, 2.45) is 5.92 Å². The van der Waals surface area contributed by atoms with Crippen LogP contribution in [0.3, 0.4) is 0 Å². The Kier molecular flexibility index (Phi) is 6.68. The van der Waals surface area contributed by atoms with Gasteiger partial charge in [-0.1, -0.05) is 0 Å². The van der Waals surface area contributed by atoms with Crippen molar-refractivity contribution in [2.75, 3.05) is 34.0 Å². The van der Waals surface area contributed by atoms with E-state index in [1.54, 1.807) is 12.1 Å². The maximum absolute atomic E-state index is 12.2. The van der Waals surface area contributed by atoms with E-state index in [-0.39, 0.29) is 19.1 Å². The van der Waals surface area contributed by atoms with Gasteiger partial charge in [0, 0.05) is 18.7 Å². The monoisotopic (exact) mass is 387 g/mol. The molecule has 1 amide bonds. The van der Waals surface area contributed by atoms with Crippen molar-refractivity contribution in [3.63, 3.8) is 0 Å². The number of carbonyl (C=O) groups excluding carboxylic acids is 1. The maximum Gasteiger partial charge on any atom is 0.251 e. The van der Waals surface area contributed by atoms with Crippen LogP contribution in [0.1, 0.15) is 23.2 Å². The van der Waals surface area contributed by atoms with E-state index in [2.05, 4.69) is 21.2 Å². The molecule has 1 fully saturated rings. The molecule has 1 saturated carbocycles. The Hall–Kier alpha value is -1.31. The lowest BCUT2D eigenvalue weighted by atomic mass is 10.2. The molecule has 2 rings (SSSR count). The summed E-state index contributed by atoms with van der Waals surface area (Å²) in [6, 6.07) is 3.22. The Morgan fingerprint density at radius 3 is 2.48 bits per heavy atom. The van der Waals surface area contributed by atoms with E-state index in [0.29, 0.717) is 34.1 Å². The molecule has 0 saturated heterocycles. The Balaban J connectivity index is 1.86. The summed E-state index contributed by atoms with van der Waals surface area (Å²) < 4.78 is 16.5. The van der Waals surface area contributed by atoms with E-state index in [0.717, 1.165) is 0 Å². The van der Waals surface area contributed by atoms with Crippen LogP contribution in [0.4, 0.5) is 0 Å². The summed E-state index contributed by atoms with van der Waals surface area (Å²) in [6.45, 7) is 1.04. The number of benzene rings is 1. The van der Waals surface area contributed by atoms with Gasteiger partial charge in [-0.05, 0) is 46.8 Å². The molecule has 1 aliphatic rings. The van der Waals surface area contributed by atoms with Crippen LogP contribution in [0.25, 0.3) is 0 Å². The summed E-state index contributed by atoms with van der Waals surface area (Å²) >= 11 is 3.35. The Bertz CT molecular complexity index is 522. The molecule has 0 aliphatic heterocycles. The molecule has 0 spiro atoms. The quantitative estimate of drug-likeness (QED) is 0.677. The Morgan fingerprint density at radius 1 is 1.35 bits per heavy atom. The molecule has 23 heavy (non-hydrogen) atoms. The summed E-state index contributed by atoms with van der Waals surface area (Å²) in [4.78, 5) is 12.2. The molecule has 0 heterocycles. The van der Waals surface area contributed by atoms with Gasteiger partial charge in [0.25, 0.3) is 5.91 Å². The van der Waals surface area contributed by atoms with Gasteiger partial charge in [0.15, 0.2) is 0 Å². The van der Waals surface area contributed by atoms with Gasteiger partial charge in [0.1, 0.15) is 16.0 Å². The number of rotatable bonds is 9. The summed E-state index contributed by atoms with van der Waals surface area (Å²) in [7, 11) is 3.03. The lowest BCUT2D eigenvalue weighted by Crippen LogP contribution is -2.34. The first-order valence-corrected chi connectivity index (χ1v) is 8.30. The standard InChI is InChI=1S/C16H22BrNO5/c1-21-13-5-11(6-14(22-2)15(13)17)16(20)18-7-12(19)9-23-8-10-3-4-10/h5-6,10,12,19H,3-4,7-9H2,1-2H3,(H,18,20)/t12-/m0/s1. The van der Waals surface area contributed by atoms with Crippen molar-refractivity contribution in [3.8, 4) is 11.5 Å². The second kappa shape index (κ2) is 8.52. The highest BCUT2D eigenvalue weighted by molar-refractivity contribution is 9.10. The topological polar surface area (TPSA) is 77.0 Å². The van der Waals surface area contributed by atoms with Gasteiger partial charge >= 0.3 is 0 Å². The van der Waals surface area contributed by atoms with Gasteiger partial charge < -0.3 is 24.6 Å². The lowest BCUT2D eigenvalue weighted by Gasteiger charge is -2.14. The Labute approximate surface area is 144 Å². The molecule has 1 aromatic rings. The van der Waals surface area contributed by atoms with Crippen molar-refractivity contribution >= 4 is 21.8 Å². The minimum absolute atomic E-state index is 0.129. The third kappa shape index (κ3) is 5.37. The third-order valence-electron chi connectivity index (χ3n) is 3.57. The molecule has 1 atom stereocenters. The number of aliphatic hydroxyl groups is 1. The van der Waals surface area contributed by atoms with Gasteiger partial charge in [-0.25, -0.2) is 0 Å². The second-order valence-electron chi connectivity index (χ2n) is 5.54. The van der Waals surface area contributed by atoms with E-state index in [1.807, 2.05) is 0 Å². The van der Waals surface area contributed by atoms with E-state index in [1.165, 1.54) is 27.1 Å². The molecule has 0 radical (unpaired) electrons. The number of carbonyl (C=O) groups is 1. The van der Waals surface area contributed by atoms with Crippen molar-refractivity contribution in [3.05, 3.63) is 22.2 Å². The minimum Gasteiger partial charge on any atom is -0.495 e. The van der Waals surface area contributed by atoms with E-state index in [9.17, 15) is 9.90 Å². The van der Waals surface area contributed by atoms with Crippen molar-refractivity contribution in [2.45, 2.75) is 18.9 Å². The average molecular weight is 388 g/mol. The highest BCUT2D eigenvalue weighted by atomic mass is 79.9. The molecule has 1 aliphatic carbocycles. The van der Waals surface area contributed by atoms with E-state index < -0.39 is 6.10 Å². The van der Waals surface area contributed by atoms with Gasteiger partial charge in [0.05, 0.1) is 26.9 Å². The molecule has 0 unspecified atom stereocenters. The number of aliphatic hydroxyl groups excluding tert-OH is 1. The van der Waals surface area contributed by atoms with Crippen LogP contribution in [-0.4, -0.2) is 51.1 Å². The zero-order valence-electron chi connectivity index (χ0n) is 13.3. The van der Waals surface area contributed by atoms with Crippen molar-refractivity contribution < 1.29 is 24.1 Å². The number of halogens is 1. The smallest absolute Gasteiger partial charge is 0.251 e.